The van der Waals surface area contributed by atoms with Crippen LogP contribution in [0.5, 0.6) is 0 Å². The van der Waals surface area contributed by atoms with Crippen molar-refractivity contribution in [3.8, 4) is 0 Å². The Morgan fingerprint density at radius 1 is 1.20 bits per heavy atom. The van der Waals surface area contributed by atoms with E-state index in [1.165, 1.54) is 4.90 Å². The summed E-state index contributed by atoms with van der Waals surface area (Å²) in [5.41, 5.74) is 8.46. The molecule has 0 bridgehead atoms. The van der Waals surface area contributed by atoms with Crippen molar-refractivity contribution in [3.63, 3.8) is 0 Å². The van der Waals surface area contributed by atoms with Crippen molar-refractivity contribution in [2.75, 3.05) is 11.5 Å². The summed E-state index contributed by atoms with van der Waals surface area (Å²) in [6, 6.07) is 13.6. The number of aromatic nitrogens is 2. The molecule has 0 radical (unpaired) electrons. The number of benzene rings is 2. The van der Waals surface area contributed by atoms with Crippen LogP contribution in [0.1, 0.15) is 5.82 Å². The minimum Gasteiger partial charge on any atom is -0.399 e. The molecule has 3 nitrogen and oxygen atoms in total. The van der Waals surface area contributed by atoms with Gasteiger partial charge in [-0.15, -0.1) is 11.8 Å². The number of aromatic amines is 1. The van der Waals surface area contributed by atoms with Crippen molar-refractivity contribution >= 4 is 40.1 Å². The molecule has 0 atom stereocenters. The number of aryl methyl sites for hydroxylation is 1. The molecule has 0 aliphatic heterocycles. The van der Waals surface area contributed by atoms with Gasteiger partial charge in [-0.05, 0) is 36.4 Å². The first-order valence-electron chi connectivity index (χ1n) is 6.33. The molecular formula is C15H14ClN3S. The summed E-state index contributed by atoms with van der Waals surface area (Å²) >= 11 is 7.74. The Labute approximate surface area is 126 Å². The Balaban J connectivity index is 1.65. The van der Waals surface area contributed by atoms with E-state index in [9.17, 15) is 0 Å². The number of nitrogens with two attached hydrogens (primary N) is 1. The van der Waals surface area contributed by atoms with Crippen LogP contribution in [0.2, 0.25) is 5.02 Å². The van der Waals surface area contributed by atoms with E-state index in [1.54, 1.807) is 11.8 Å². The Hall–Kier alpha value is -1.65. The van der Waals surface area contributed by atoms with E-state index in [0.29, 0.717) is 0 Å². The fourth-order valence-electron chi connectivity index (χ4n) is 2.02. The summed E-state index contributed by atoms with van der Waals surface area (Å²) in [4.78, 5) is 9.03. The van der Waals surface area contributed by atoms with Gasteiger partial charge < -0.3 is 10.7 Å². The van der Waals surface area contributed by atoms with Crippen molar-refractivity contribution in [3.05, 3.63) is 53.3 Å². The van der Waals surface area contributed by atoms with Crippen molar-refractivity contribution in [2.24, 2.45) is 0 Å². The largest absolute Gasteiger partial charge is 0.399 e. The van der Waals surface area contributed by atoms with Gasteiger partial charge in [-0.2, -0.15) is 0 Å². The maximum absolute atomic E-state index is 5.97. The summed E-state index contributed by atoms with van der Waals surface area (Å²) in [5.74, 6) is 1.94. The van der Waals surface area contributed by atoms with E-state index in [-0.39, 0.29) is 0 Å². The lowest BCUT2D eigenvalue weighted by Gasteiger charge is -2.00. The van der Waals surface area contributed by atoms with Gasteiger partial charge in [0, 0.05) is 27.8 Å². The zero-order chi connectivity index (χ0) is 13.9. The molecule has 0 saturated carbocycles. The highest BCUT2D eigenvalue weighted by Gasteiger charge is 2.03. The molecule has 2 aromatic carbocycles. The molecular weight excluding hydrogens is 290 g/mol. The third kappa shape index (κ3) is 3.08. The molecule has 3 N–H and O–H groups in total. The molecule has 0 spiro atoms. The zero-order valence-corrected chi connectivity index (χ0v) is 12.3. The summed E-state index contributed by atoms with van der Waals surface area (Å²) in [5, 5.41) is 0.772. The molecule has 3 rings (SSSR count). The predicted octanol–water partition coefficient (Wildman–Crippen LogP) is 4.13. The Kier molecular flexibility index (Phi) is 3.85. The van der Waals surface area contributed by atoms with Crippen LogP contribution >= 0.6 is 23.4 Å². The van der Waals surface area contributed by atoms with Crippen LogP contribution in [-0.2, 0) is 6.42 Å². The van der Waals surface area contributed by atoms with E-state index in [1.807, 2.05) is 36.4 Å². The van der Waals surface area contributed by atoms with Gasteiger partial charge in [-0.3, -0.25) is 0 Å². The van der Waals surface area contributed by atoms with Crippen LogP contribution in [0.4, 0.5) is 5.69 Å². The lowest BCUT2D eigenvalue weighted by Crippen LogP contribution is -1.90. The number of halogens is 1. The van der Waals surface area contributed by atoms with E-state index < -0.39 is 0 Å². The van der Waals surface area contributed by atoms with Crippen molar-refractivity contribution < 1.29 is 0 Å². The molecule has 1 heterocycles. The molecule has 5 heteroatoms. The van der Waals surface area contributed by atoms with Crippen LogP contribution in [0.15, 0.2) is 47.4 Å². The average molecular weight is 304 g/mol. The highest BCUT2D eigenvalue weighted by Crippen LogP contribution is 2.22. The minimum atomic E-state index is 0.751. The maximum Gasteiger partial charge on any atom is 0.108 e. The van der Waals surface area contributed by atoms with Crippen LogP contribution in [0, 0.1) is 0 Å². The first-order chi connectivity index (χ1) is 9.70. The van der Waals surface area contributed by atoms with Crippen LogP contribution in [-0.4, -0.2) is 15.7 Å². The summed E-state index contributed by atoms with van der Waals surface area (Å²) in [7, 11) is 0. The lowest BCUT2D eigenvalue weighted by molar-refractivity contribution is 1.01. The number of H-pyrrole nitrogens is 1. The number of hydrogen-bond donors (Lipinski definition) is 2. The molecule has 1 aromatic heterocycles. The Morgan fingerprint density at radius 3 is 2.95 bits per heavy atom. The number of imidazole rings is 1. The van der Waals surface area contributed by atoms with Crippen LogP contribution in [0.25, 0.3) is 11.0 Å². The van der Waals surface area contributed by atoms with E-state index in [0.717, 1.165) is 39.7 Å². The quantitative estimate of drug-likeness (QED) is 0.563. The number of nitrogens with zero attached hydrogens (tertiary/aromatic N) is 1. The lowest BCUT2D eigenvalue weighted by atomic mass is 10.3. The number of hydrogen-bond acceptors (Lipinski definition) is 3. The molecule has 0 fully saturated rings. The third-order valence-corrected chi connectivity index (χ3v) is 4.19. The molecule has 0 saturated heterocycles. The number of anilines is 1. The topological polar surface area (TPSA) is 54.7 Å². The van der Waals surface area contributed by atoms with Gasteiger partial charge in [0.1, 0.15) is 5.82 Å². The van der Waals surface area contributed by atoms with Gasteiger partial charge in [-0.1, -0.05) is 17.7 Å². The Morgan fingerprint density at radius 2 is 2.10 bits per heavy atom. The van der Waals surface area contributed by atoms with Gasteiger partial charge in [0.05, 0.1) is 11.0 Å². The summed E-state index contributed by atoms with van der Waals surface area (Å²) < 4.78 is 0. The molecule has 0 amide bonds. The molecule has 0 aliphatic carbocycles. The summed E-state index contributed by atoms with van der Waals surface area (Å²) in [6.45, 7) is 0. The second-order valence-electron chi connectivity index (χ2n) is 4.52. The highest BCUT2D eigenvalue weighted by atomic mass is 35.5. The smallest absolute Gasteiger partial charge is 0.108 e. The summed E-state index contributed by atoms with van der Waals surface area (Å²) in [6.07, 6.45) is 0.881. The van der Waals surface area contributed by atoms with Gasteiger partial charge in [0.2, 0.25) is 0 Å². The molecule has 0 unspecified atom stereocenters. The van der Waals surface area contributed by atoms with Crippen molar-refractivity contribution in [1.29, 1.82) is 0 Å². The zero-order valence-electron chi connectivity index (χ0n) is 10.8. The number of fused-ring (bicyclic) bond motifs is 1. The van der Waals surface area contributed by atoms with Gasteiger partial charge >= 0.3 is 0 Å². The second kappa shape index (κ2) is 5.77. The van der Waals surface area contributed by atoms with Crippen LogP contribution < -0.4 is 5.73 Å². The maximum atomic E-state index is 5.97. The predicted molar refractivity (Wildman–Crippen MR) is 86.4 cm³/mol. The van der Waals surface area contributed by atoms with Gasteiger partial charge in [-0.25, -0.2) is 4.98 Å². The fraction of sp³-hybridized carbons (Fsp3) is 0.133. The van der Waals surface area contributed by atoms with Crippen molar-refractivity contribution in [1.82, 2.24) is 9.97 Å². The monoisotopic (exact) mass is 303 g/mol. The van der Waals surface area contributed by atoms with Gasteiger partial charge in [0.15, 0.2) is 0 Å². The SMILES string of the molecule is Nc1ccc2nc(CCSc3cccc(Cl)c3)[nH]c2c1. The fourth-order valence-corrected chi connectivity index (χ4v) is 3.19. The van der Waals surface area contributed by atoms with Crippen LogP contribution in [0.3, 0.4) is 0 Å². The van der Waals surface area contributed by atoms with Gasteiger partial charge in [0.25, 0.3) is 0 Å². The number of nitrogen functional groups attached to an aromatic ring is 1. The molecule has 0 aliphatic rings. The molecule has 20 heavy (non-hydrogen) atoms. The standard InChI is InChI=1S/C15H14ClN3S/c16-10-2-1-3-12(8-10)20-7-6-15-18-13-5-4-11(17)9-14(13)19-15/h1-5,8-9H,6-7,17H2,(H,18,19). The van der Waals surface area contributed by atoms with E-state index in [2.05, 4.69) is 16.0 Å². The highest BCUT2D eigenvalue weighted by molar-refractivity contribution is 7.99. The van der Waals surface area contributed by atoms with E-state index in [4.69, 9.17) is 17.3 Å². The minimum absolute atomic E-state index is 0.751. The van der Waals surface area contributed by atoms with Crippen molar-refractivity contribution in [2.45, 2.75) is 11.3 Å². The normalized spacial score (nSPS) is 11.1. The molecule has 3 aromatic rings. The second-order valence-corrected chi connectivity index (χ2v) is 6.12. The first-order valence-corrected chi connectivity index (χ1v) is 7.69. The third-order valence-electron chi connectivity index (χ3n) is 2.96. The number of nitrogens with one attached hydrogen (secondary N) is 1. The molecule has 102 valence electrons. The number of rotatable bonds is 4. The number of thioether (sulfide) groups is 1. The van der Waals surface area contributed by atoms with E-state index >= 15 is 0 Å². The first kappa shape index (κ1) is 13.3. The average Bonchev–Trinajstić information content (AvgIpc) is 2.80. The Bertz CT molecular complexity index is 739.